The SMILES string of the molecule is COc1cccc(Cl)c1Oc1cc([C@H]2CC(=O)N(c3ccc(S(N)(=O)=O)cc3)C2)ccc1Cl. The number of hydrogen-bond donors (Lipinski definition) is 1. The zero-order chi connectivity index (χ0) is 23.8. The average Bonchev–Trinajstić information content (AvgIpc) is 3.17. The Morgan fingerprint density at radius 1 is 1.00 bits per heavy atom. The Labute approximate surface area is 201 Å². The first-order valence-corrected chi connectivity index (χ1v) is 12.2. The van der Waals surface area contributed by atoms with Crippen LogP contribution in [0.2, 0.25) is 10.0 Å². The molecule has 33 heavy (non-hydrogen) atoms. The molecule has 1 aliphatic heterocycles. The van der Waals surface area contributed by atoms with Gasteiger partial charge in [-0.05, 0) is 54.1 Å². The summed E-state index contributed by atoms with van der Waals surface area (Å²) in [6, 6.07) is 16.4. The van der Waals surface area contributed by atoms with Gasteiger partial charge in [-0.1, -0.05) is 35.3 Å². The van der Waals surface area contributed by atoms with Crippen LogP contribution in [0.3, 0.4) is 0 Å². The highest BCUT2D eigenvalue weighted by Crippen LogP contribution is 2.42. The summed E-state index contributed by atoms with van der Waals surface area (Å²) in [6.45, 7) is 0.421. The van der Waals surface area contributed by atoms with Gasteiger partial charge in [0.1, 0.15) is 5.75 Å². The molecule has 0 unspecified atom stereocenters. The summed E-state index contributed by atoms with van der Waals surface area (Å²) in [7, 11) is -2.28. The standard InChI is InChI=1S/C23H20Cl2N2O5S/c1-31-20-4-2-3-19(25)23(20)32-21-11-14(5-10-18(21)24)15-12-22(28)27(13-15)16-6-8-17(9-7-16)33(26,29)30/h2-11,15H,12-13H2,1H3,(H2,26,29,30)/t15-/m0/s1. The molecular formula is C23H20Cl2N2O5S. The van der Waals surface area contributed by atoms with E-state index in [0.29, 0.717) is 39.5 Å². The quantitative estimate of drug-likeness (QED) is 0.509. The molecule has 4 rings (SSSR count). The first-order chi connectivity index (χ1) is 15.7. The normalized spacial score (nSPS) is 16.2. The van der Waals surface area contributed by atoms with Gasteiger partial charge in [0.05, 0.1) is 22.1 Å². The molecule has 10 heteroatoms. The maximum absolute atomic E-state index is 12.7. The lowest BCUT2D eigenvalue weighted by atomic mass is 9.98. The zero-order valence-electron chi connectivity index (χ0n) is 17.5. The lowest BCUT2D eigenvalue weighted by Gasteiger charge is -2.18. The number of nitrogens with zero attached hydrogens (tertiary/aromatic N) is 1. The zero-order valence-corrected chi connectivity index (χ0v) is 19.8. The molecule has 0 bridgehead atoms. The number of benzene rings is 3. The molecule has 0 radical (unpaired) electrons. The number of amides is 1. The molecular weight excluding hydrogens is 487 g/mol. The number of sulfonamides is 1. The third kappa shape index (κ3) is 4.94. The fraction of sp³-hybridized carbons (Fsp3) is 0.174. The van der Waals surface area contributed by atoms with Crippen LogP contribution in [0.25, 0.3) is 0 Å². The second kappa shape index (κ2) is 9.23. The summed E-state index contributed by atoms with van der Waals surface area (Å²) in [5, 5.41) is 5.91. The number of anilines is 1. The predicted octanol–water partition coefficient (Wildman–Crippen LogP) is 4.96. The van der Waals surface area contributed by atoms with E-state index in [1.165, 1.54) is 19.2 Å². The van der Waals surface area contributed by atoms with Crippen LogP contribution in [-0.4, -0.2) is 28.0 Å². The Bertz CT molecular complexity index is 1310. The van der Waals surface area contributed by atoms with Gasteiger partial charge in [0.25, 0.3) is 0 Å². The number of hydrogen-bond acceptors (Lipinski definition) is 5. The van der Waals surface area contributed by atoms with Crippen LogP contribution < -0.4 is 19.5 Å². The number of methoxy groups -OCH3 is 1. The Balaban J connectivity index is 1.58. The van der Waals surface area contributed by atoms with E-state index in [-0.39, 0.29) is 23.1 Å². The fourth-order valence-corrected chi connectivity index (χ4v) is 4.58. The lowest BCUT2D eigenvalue weighted by molar-refractivity contribution is -0.117. The van der Waals surface area contributed by atoms with Gasteiger partial charge in [-0.25, -0.2) is 13.6 Å². The summed E-state index contributed by atoms with van der Waals surface area (Å²) in [5.74, 6) is 1.02. The lowest BCUT2D eigenvalue weighted by Crippen LogP contribution is -2.24. The maximum atomic E-state index is 12.7. The predicted molar refractivity (Wildman–Crippen MR) is 127 cm³/mol. The van der Waals surface area contributed by atoms with E-state index >= 15 is 0 Å². The minimum atomic E-state index is -3.80. The van der Waals surface area contributed by atoms with Gasteiger partial charge in [0.15, 0.2) is 11.5 Å². The van der Waals surface area contributed by atoms with E-state index in [4.69, 9.17) is 37.8 Å². The Morgan fingerprint density at radius 3 is 2.39 bits per heavy atom. The monoisotopic (exact) mass is 506 g/mol. The van der Waals surface area contributed by atoms with Crippen LogP contribution in [0.5, 0.6) is 17.2 Å². The van der Waals surface area contributed by atoms with E-state index in [2.05, 4.69) is 0 Å². The van der Waals surface area contributed by atoms with Crippen molar-refractivity contribution in [3.63, 3.8) is 0 Å². The number of primary sulfonamides is 1. The molecule has 1 amide bonds. The Morgan fingerprint density at radius 2 is 1.73 bits per heavy atom. The topological polar surface area (TPSA) is 98.9 Å². The molecule has 0 aliphatic carbocycles. The van der Waals surface area contributed by atoms with Crippen molar-refractivity contribution < 1.29 is 22.7 Å². The summed E-state index contributed by atoms with van der Waals surface area (Å²) < 4.78 is 34.3. The number of carbonyl (C=O) groups is 1. The highest BCUT2D eigenvalue weighted by molar-refractivity contribution is 7.89. The van der Waals surface area contributed by atoms with Crippen molar-refractivity contribution in [1.82, 2.24) is 0 Å². The fourth-order valence-electron chi connectivity index (χ4n) is 3.71. The van der Waals surface area contributed by atoms with Gasteiger partial charge < -0.3 is 14.4 Å². The van der Waals surface area contributed by atoms with Gasteiger partial charge in [-0.15, -0.1) is 0 Å². The van der Waals surface area contributed by atoms with Crippen molar-refractivity contribution in [3.8, 4) is 17.2 Å². The molecule has 2 N–H and O–H groups in total. The smallest absolute Gasteiger partial charge is 0.238 e. The highest BCUT2D eigenvalue weighted by atomic mass is 35.5. The second-order valence-electron chi connectivity index (χ2n) is 7.51. The van der Waals surface area contributed by atoms with Gasteiger partial charge in [-0.2, -0.15) is 0 Å². The largest absolute Gasteiger partial charge is 0.493 e. The Hall–Kier alpha value is -2.78. The number of rotatable bonds is 6. The van der Waals surface area contributed by atoms with Crippen molar-refractivity contribution in [2.24, 2.45) is 5.14 Å². The van der Waals surface area contributed by atoms with Crippen molar-refractivity contribution in [1.29, 1.82) is 0 Å². The maximum Gasteiger partial charge on any atom is 0.238 e. The molecule has 1 aliphatic rings. The molecule has 1 heterocycles. The van der Waals surface area contributed by atoms with Gasteiger partial charge >= 0.3 is 0 Å². The molecule has 1 saturated heterocycles. The van der Waals surface area contributed by atoms with Gasteiger partial charge in [-0.3, -0.25) is 4.79 Å². The molecule has 7 nitrogen and oxygen atoms in total. The minimum absolute atomic E-state index is 0.0102. The average molecular weight is 507 g/mol. The van der Waals surface area contributed by atoms with E-state index in [0.717, 1.165) is 5.56 Å². The number of carbonyl (C=O) groups excluding carboxylic acids is 1. The van der Waals surface area contributed by atoms with E-state index < -0.39 is 10.0 Å². The summed E-state index contributed by atoms with van der Waals surface area (Å²) >= 11 is 12.6. The summed E-state index contributed by atoms with van der Waals surface area (Å²) in [4.78, 5) is 14.3. The van der Waals surface area contributed by atoms with Gasteiger partial charge in [0, 0.05) is 24.6 Å². The van der Waals surface area contributed by atoms with E-state index in [9.17, 15) is 13.2 Å². The number of nitrogens with two attached hydrogens (primary N) is 1. The molecule has 3 aromatic rings. The Kier molecular flexibility index (Phi) is 6.54. The van der Waals surface area contributed by atoms with Crippen LogP contribution in [0, 0.1) is 0 Å². The second-order valence-corrected chi connectivity index (χ2v) is 9.88. The van der Waals surface area contributed by atoms with Crippen molar-refractivity contribution >= 4 is 44.8 Å². The third-order valence-electron chi connectivity index (χ3n) is 5.39. The highest BCUT2D eigenvalue weighted by Gasteiger charge is 2.32. The first kappa shape index (κ1) is 23.4. The van der Waals surface area contributed by atoms with Crippen molar-refractivity contribution in [3.05, 3.63) is 76.3 Å². The number of para-hydroxylation sites is 1. The summed E-state index contributed by atoms with van der Waals surface area (Å²) in [5.41, 5.74) is 1.47. The van der Waals surface area contributed by atoms with Crippen LogP contribution in [0.1, 0.15) is 17.9 Å². The summed E-state index contributed by atoms with van der Waals surface area (Å²) in [6.07, 6.45) is 0.285. The van der Waals surface area contributed by atoms with Crippen molar-refractivity contribution in [2.75, 3.05) is 18.6 Å². The molecule has 1 atom stereocenters. The van der Waals surface area contributed by atoms with Crippen LogP contribution in [0.15, 0.2) is 65.6 Å². The van der Waals surface area contributed by atoms with Gasteiger partial charge in [0.2, 0.25) is 15.9 Å². The number of ether oxygens (including phenoxy) is 2. The van der Waals surface area contributed by atoms with E-state index in [1.807, 2.05) is 6.07 Å². The molecule has 1 fully saturated rings. The van der Waals surface area contributed by atoms with Crippen LogP contribution >= 0.6 is 23.2 Å². The minimum Gasteiger partial charge on any atom is -0.493 e. The first-order valence-electron chi connectivity index (χ1n) is 9.90. The molecule has 0 spiro atoms. The van der Waals surface area contributed by atoms with E-state index in [1.54, 1.807) is 47.4 Å². The number of halogens is 2. The molecule has 3 aromatic carbocycles. The molecule has 0 saturated carbocycles. The van der Waals surface area contributed by atoms with Crippen molar-refractivity contribution in [2.45, 2.75) is 17.2 Å². The van der Waals surface area contributed by atoms with Crippen LogP contribution in [0.4, 0.5) is 5.69 Å². The molecule has 0 aromatic heterocycles. The molecule has 172 valence electrons. The third-order valence-corrected chi connectivity index (χ3v) is 6.93. The van der Waals surface area contributed by atoms with Crippen LogP contribution in [-0.2, 0) is 14.8 Å².